The molecule has 0 spiro atoms. The van der Waals surface area contributed by atoms with Crippen LogP contribution in [0.5, 0.6) is 0 Å². The van der Waals surface area contributed by atoms with Gasteiger partial charge in [-0.2, -0.15) is 4.31 Å². The van der Waals surface area contributed by atoms with Crippen molar-refractivity contribution in [2.45, 2.75) is 50.2 Å². The Labute approximate surface area is 121 Å². The van der Waals surface area contributed by atoms with Crippen LogP contribution in [-0.2, 0) is 16.6 Å². The van der Waals surface area contributed by atoms with E-state index in [2.05, 4.69) is 6.92 Å². The first kappa shape index (κ1) is 15.5. The van der Waals surface area contributed by atoms with E-state index in [4.69, 9.17) is 5.11 Å². The summed E-state index contributed by atoms with van der Waals surface area (Å²) in [5.41, 5.74) is 0.622. The largest absolute Gasteiger partial charge is 0.392 e. The molecule has 5 heteroatoms. The minimum atomic E-state index is -3.47. The van der Waals surface area contributed by atoms with Crippen LogP contribution < -0.4 is 0 Å². The van der Waals surface area contributed by atoms with E-state index in [9.17, 15) is 8.42 Å². The zero-order valence-corrected chi connectivity index (χ0v) is 12.9. The maximum Gasteiger partial charge on any atom is 0.243 e. The molecule has 20 heavy (non-hydrogen) atoms. The average molecular weight is 297 g/mol. The highest BCUT2D eigenvalue weighted by atomic mass is 32.2. The van der Waals surface area contributed by atoms with Gasteiger partial charge in [0.15, 0.2) is 0 Å². The molecule has 1 fully saturated rings. The molecule has 4 nitrogen and oxygen atoms in total. The number of rotatable bonds is 4. The fourth-order valence-corrected chi connectivity index (χ4v) is 4.26. The molecule has 0 bridgehead atoms. The second-order valence-electron chi connectivity index (χ2n) is 5.74. The molecule has 1 saturated carbocycles. The highest BCUT2D eigenvalue weighted by Gasteiger charge is 2.30. The maximum atomic E-state index is 12.6. The lowest BCUT2D eigenvalue weighted by atomic mass is 9.87. The minimum absolute atomic E-state index is 0.0917. The Hall–Kier alpha value is -0.910. The van der Waals surface area contributed by atoms with Crippen LogP contribution in [0.4, 0.5) is 0 Å². The number of aliphatic hydroxyl groups is 1. The van der Waals surface area contributed by atoms with E-state index >= 15 is 0 Å². The molecule has 1 aromatic carbocycles. The Morgan fingerprint density at radius 1 is 1.25 bits per heavy atom. The van der Waals surface area contributed by atoms with Gasteiger partial charge in [-0.15, -0.1) is 0 Å². The summed E-state index contributed by atoms with van der Waals surface area (Å²) < 4.78 is 26.8. The minimum Gasteiger partial charge on any atom is -0.392 e. The first-order valence-corrected chi connectivity index (χ1v) is 8.57. The number of hydrogen-bond acceptors (Lipinski definition) is 3. The third-order valence-electron chi connectivity index (χ3n) is 4.26. The molecule has 1 aromatic rings. The first-order chi connectivity index (χ1) is 9.45. The average Bonchev–Trinajstić information content (AvgIpc) is 2.47. The molecule has 0 heterocycles. The predicted molar refractivity (Wildman–Crippen MR) is 78.7 cm³/mol. The van der Waals surface area contributed by atoms with Gasteiger partial charge in [0.2, 0.25) is 10.0 Å². The smallest absolute Gasteiger partial charge is 0.243 e. The lowest BCUT2D eigenvalue weighted by molar-refractivity contribution is 0.246. The van der Waals surface area contributed by atoms with Gasteiger partial charge in [0.05, 0.1) is 11.5 Å². The lowest BCUT2D eigenvalue weighted by Gasteiger charge is -2.32. The molecule has 0 amide bonds. The van der Waals surface area contributed by atoms with Gasteiger partial charge >= 0.3 is 0 Å². The molecule has 1 aliphatic carbocycles. The molecule has 1 aliphatic rings. The molecule has 0 saturated heterocycles. The summed E-state index contributed by atoms with van der Waals surface area (Å²) in [7, 11) is -1.80. The van der Waals surface area contributed by atoms with Gasteiger partial charge in [-0.05, 0) is 49.3 Å². The van der Waals surface area contributed by atoms with E-state index in [0.717, 1.165) is 25.7 Å². The quantitative estimate of drug-likeness (QED) is 0.928. The van der Waals surface area contributed by atoms with Crippen molar-refractivity contribution in [3.63, 3.8) is 0 Å². The normalized spacial score (nSPS) is 24.0. The van der Waals surface area contributed by atoms with Gasteiger partial charge in [0, 0.05) is 13.1 Å². The van der Waals surface area contributed by atoms with E-state index in [1.807, 2.05) is 0 Å². The fourth-order valence-electron chi connectivity index (χ4n) is 2.77. The summed E-state index contributed by atoms with van der Waals surface area (Å²) in [4.78, 5) is 0.269. The van der Waals surface area contributed by atoms with Gasteiger partial charge < -0.3 is 5.11 Å². The molecule has 112 valence electrons. The van der Waals surface area contributed by atoms with E-state index < -0.39 is 10.0 Å². The van der Waals surface area contributed by atoms with Crippen molar-refractivity contribution in [1.29, 1.82) is 0 Å². The lowest BCUT2D eigenvalue weighted by Crippen LogP contribution is -2.39. The fraction of sp³-hybridized carbons (Fsp3) is 0.600. The summed E-state index contributed by atoms with van der Waals surface area (Å²) in [6, 6.07) is 6.64. The standard InChI is InChI=1S/C15H23NO3S/c1-12-6-8-14(9-7-12)16(2)20(18,19)15-5-3-4-13(10-15)11-17/h3-5,10,12,14,17H,6-9,11H2,1-2H3. The number of nitrogens with zero attached hydrogens (tertiary/aromatic N) is 1. The zero-order valence-electron chi connectivity index (χ0n) is 12.1. The van der Waals surface area contributed by atoms with Crippen molar-refractivity contribution in [2.75, 3.05) is 7.05 Å². The van der Waals surface area contributed by atoms with Crippen LogP contribution in [-0.4, -0.2) is 30.9 Å². The van der Waals surface area contributed by atoms with Crippen LogP contribution in [0.25, 0.3) is 0 Å². The SMILES string of the molecule is CC1CCC(N(C)S(=O)(=O)c2cccc(CO)c2)CC1. The number of sulfonamides is 1. The van der Waals surface area contributed by atoms with E-state index in [1.165, 1.54) is 4.31 Å². The van der Waals surface area contributed by atoms with Gasteiger partial charge in [-0.25, -0.2) is 8.42 Å². The third kappa shape index (κ3) is 3.22. The Morgan fingerprint density at radius 3 is 2.50 bits per heavy atom. The Balaban J connectivity index is 2.20. The Kier molecular flexibility index (Phi) is 4.83. The van der Waals surface area contributed by atoms with Crippen molar-refractivity contribution in [3.8, 4) is 0 Å². The van der Waals surface area contributed by atoms with Crippen LogP contribution in [0.2, 0.25) is 0 Å². The third-order valence-corrected chi connectivity index (χ3v) is 6.16. The molecular weight excluding hydrogens is 274 g/mol. The number of aliphatic hydroxyl groups excluding tert-OH is 1. The van der Waals surface area contributed by atoms with Crippen molar-refractivity contribution >= 4 is 10.0 Å². The maximum absolute atomic E-state index is 12.6. The van der Waals surface area contributed by atoms with Crippen LogP contribution in [0.3, 0.4) is 0 Å². The monoisotopic (exact) mass is 297 g/mol. The second kappa shape index (κ2) is 6.24. The van der Waals surface area contributed by atoms with Gasteiger partial charge in [0.25, 0.3) is 0 Å². The highest BCUT2D eigenvalue weighted by Crippen LogP contribution is 2.29. The van der Waals surface area contributed by atoms with Crippen LogP contribution >= 0.6 is 0 Å². The topological polar surface area (TPSA) is 57.6 Å². The summed E-state index contributed by atoms with van der Waals surface area (Å²) in [5.74, 6) is 0.695. The van der Waals surface area contributed by atoms with E-state index in [-0.39, 0.29) is 17.5 Å². The summed E-state index contributed by atoms with van der Waals surface area (Å²) >= 11 is 0. The molecule has 1 N–H and O–H groups in total. The Bertz CT molecular complexity index is 548. The van der Waals surface area contributed by atoms with Gasteiger partial charge in [0.1, 0.15) is 0 Å². The summed E-state index contributed by atoms with van der Waals surface area (Å²) in [5, 5.41) is 9.14. The second-order valence-corrected chi connectivity index (χ2v) is 7.74. The molecular formula is C15H23NO3S. The summed E-state index contributed by atoms with van der Waals surface area (Å²) in [6.07, 6.45) is 4.02. The molecule has 2 rings (SSSR count). The zero-order chi connectivity index (χ0) is 14.8. The van der Waals surface area contributed by atoms with Gasteiger partial charge in [-0.1, -0.05) is 19.1 Å². The van der Waals surface area contributed by atoms with Crippen molar-refractivity contribution in [1.82, 2.24) is 4.31 Å². The highest BCUT2D eigenvalue weighted by molar-refractivity contribution is 7.89. The van der Waals surface area contributed by atoms with E-state index in [0.29, 0.717) is 11.5 Å². The van der Waals surface area contributed by atoms with Crippen LogP contribution in [0.1, 0.15) is 38.2 Å². The van der Waals surface area contributed by atoms with Crippen molar-refractivity contribution in [3.05, 3.63) is 29.8 Å². The number of benzene rings is 1. The Morgan fingerprint density at radius 2 is 1.90 bits per heavy atom. The summed E-state index contributed by atoms with van der Waals surface area (Å²) in [6.45, 7) is 2.07. The molecule has 0 unspecified atom stereocenters. The first-order valence-electron chi connectivity index (χ1n) is 7.13. The van der Waals surface area contributed by atoms with Gasteiger partial charge in [-0.3, -0.25) is 0 Å². The molecule has 0 aliphatic heterocycles. The number of hydrogen-bond donors (Lipinski definition) is 1. The molecule has 0 radical (unpaired) electrons. The van der Waals surface area contributed by atoms with Crippen molar-refractivity contribution in [2.24, 2.45) is 5.92 Å². The van der Waals surface area contributed by atoms with E-state index in [1.54, 1.807) is 31.3 Å². The molecule has 0 aromatic heterocycles. The van der Waals surface area contributed by atoms with Crippen LogP contribution in [0, 0.1) is 5.92 Å². The molecule has 0 atom stereocenters. The predicted octanol–water partition coefficient (Wildman–Crippen LogP) is 2.38. The van der Waals surface area contributed by atoms with Crippen LogP contribution in [0.15, 0.2) is 29.2 Å². The van der Waals surface area contributed by atoms with Crippen molar-refractivity contribution < 1.29 is 13.5 Å².